The number of sulfone groups is 1. The van der Waals surface area contributed by atoms with Gasteiger partial charge in [0.1, 0.15) is 0 Å². The van der Waals surface area contributed by atoms with E-state index in [4.69, 9.17) is 12.2 Å². The van der Waals surface area contributed by atoms with Gasteiger partial charge in [-0.1, -0.05) is 0 Å². The summed E-state index contributed by atoms with van der Waals surface area (Å²) >= 11 is 0. The molecule has 0 fully saturated rings. The van der Waals surface area contributed by atoms with Gasteiger partial charge in [0.05, 0.1) is 4.90 Å². The zero-order chi connectivity index (χ0) is 14.5. The Kier molecular flexibility index (Phi) is 4.95. The van der Waals surface area contributed by atoms with E-state index in [1.807, 2.05) is 0 Å². The van der Waals surface area contributed by atoms with Crippen molar-refractivity contribution in [2.24, 2.45) is 0 Å². The largest absolute Gasteiger partial charge is 0.399 e. The highest BCUT2D eigenvalue weighted by Crippen LogP contribution is 2.16. The summed E-state index contributed by atoms with van der Waals surface area (Å²) in [5.41, 5.74) is 6.06. The Morgan fingerprint density at radius 1 is 1.42 bits per heavy atom. The molecule has 102 valence electrons. The van der Waals surface area contributed by atoms with E-state index in [-0.39, 0.29) is 22.1 Å². The first-order chi connectivity index (χ1) is 8.84. The number of carbonyl (C=O) groups is 1. The summed E-state index contributed by atoms with van der Waals surface area (Å²) in [6, 6.07) is 4.07. The number of amides is 1. The third-order valence-corrected chi connectivity index (χ3v) is 3.49. The number of carbonyl (C=O) groups excluding carboxylic acids is 1. The number of hydrogen-bond acceptors (Lipinski definition) is 4. The van der Waals surface area contributed by atoms with Gasteiger partial charge in [-0.25, -0.2) is 8.42 Å². The topological polar surface area (TPSA) is 89.3 Å². The lowest BCUT2D eigenvalue weighted by molar-refractivity contribution is 0.0953. The van der Waals surface area contributed by atoms with Gasteiger partial charge in [0.2, 0.25) is 0 Å². The van der Waals surface area contributed by atoms with Crippen LogP contribution in [-0.4, -0.2) is 27.1 Å². The van der Waals surface area contributed by atoms with Crippen molar-refractivity contribution in [1.29, 1.82) is 0 Å². The van der Waals surface area contributed by atoms with Crippen LogP contribution in [0.15, 0.2) is 23.1 Å². The summed E-state index contributed by atoms with van der Waals surface area (Å²) in [6.45, 7) is 0.437. The molecule has 0 unspecified atom stereocenters. The summed E-state index contributed by atoms with van der Waals surface area (Å²) in [5, 5.41) is 2.65. The second kappa shape index (κ2) is 6.25. The molecular weight excluding hydrogens is 264 g/mol. The van der Waals surface area contributed by atoms with Gasteiger partial charge in [0.15, 0.2) is 9.84 Å². The molecule has 0 atom stereocenters. The normalized spacial score (nSPS) is 10.7. The molecule has 19 heavy (non-hydrogen) atoms. The maximum Gasteiger partial charge on any atom is 0.251 e. The Balaban J connectivity index is 2.87. The first-order valence-electron chi connectivity index (χ1n) is 5.67. The van der Waals surface area contributed by atoms with Crippen molar-refractivity contribution in [2.45, 2.75) is 17.7 Å². The van der Waals surface area contributed by atoms with Gasteiger partial charge in [0.25, 0.3) is 5.91 Å². The number of nitrogens with one attached hydrogen (secondary N) is 1. The number of terminal acetylenes is 1. The number of anilines is 1. The van der Waals surface area contributed by atoms with Crippen LogP contribution < -0.4 is 11.1 Å². The molecule has 0 heterocycles. The highest BCUT2D eigenvalue weighted by atomic mass is 32.2. The molecule has 1 aromatic rings. The number of hydrogen-bond donors (Lipinski definition) is 2. The predicted molar refractivity (Wildman–Crippen MR) is 74.4 cm³/mol. The van der Waals surface area contributed by atoms with Gasteiger partial charge >= 0.3 is 0 Å². The van der Waals surface area contributed by atoms with Crippen LogP contribution in [0.1, 0.15) is 23.2 Å². The van der Waals surface area contributed by atoms with E-state index in [0.29, 0.717) is 19.4 Å². The Morgan fingerprint density at radius 3 is 2.68 bits per heavy atom. The van der Waals surface area contributed by atoms with Gasteiger partial charge < -0.3 is 11.1 Å². The van der Waals surface area contributed by atoms with Gasteiger partial charge in [-0.15, -0.1) is 12.3 Å². The van der Waals surface area contributed by atoms with Gasteiger partial charge in [-0.2, -0.15) is 0 Å². The molecule has 1 aromatic carbocycles. The van der Waals surface area contributed by atoms with E-state index in [0.717, 1.165) is 6.26 Å². The molecule has 0 saturated heterocycles. The van der Waals surface area contributed by atoms with Crippen LogP contribution in [0.2, 0.25) is 0 Å². The van der Waals surface area contributed by atoms with Crippen molar-refractivity contribution in [3.63, 3.8) is 0 Å². The minimum atomic E-state index is -3.40. The molecule has 0 aliphatic carbocycles. The molecule has 0 spiro atoms. The van der Waals surface area contributed by atoms with Gasteiger partial charge in [-0.3, -0.25) is 4.79 Å². The number of nitrogen functional groups attached to an aromatic ring is 1. The van der Waals surface area contributed by atoms with Crippen LogP contribution in [-0.2, 0) is 9.84 Å². The van der Waals surface area contributed by atoms with Crippen LogP contribution in [0, 0.1) is 12.3 Å². The SMILES string of the molecule is C#CCCCNC(=O)c1cc(N)cc(S(C)(=O)=O)c1. The Morgan fingerprint density at radius 2 is 2.11 bits per heavy atom. The fraction of sp³-hybridized carbons (Fsp3) is 0.308. The van der Waals surface area contributed by atoms with Crippen molar-refractivity contribution in [2.75, 3.05) is 18.5 Å². The van der Waals surface area contributed by atoms with E-state index in [1.165, 1.54) is 18.2 Å². The van der Waals surface area contributed by atoms with Crippen molar-refractivity contribution in [3.05, 3.63) is 23.8 Å². The maximum atomic E-state index is 11.8. The summed E-state index contributed by atoms with van der Waals surface area (Å²) in [4.78, 5) is 11.9. The van der Waals surface area contributed by atoms with Crippen LogP contribution >= 0.6 is 0 Å². The van der Waals surface area contributed by atoms with Gasteiger partial charge in [0, 0.05) is 30.5 Å². The first kappa shape index (κ1) is 15.1. The molecule has 0 radical (unpaired) electrons. The average Bonchev–Trinajstić information content (AvgIpc) is 2.32. The summed E-state index contributed by atoms with van der Waals surface area (Å²) < 4.78 is 22.9. The number of rotatable bonds is 5. The van der Waals surface area contributed by atoms with E-state index in [9.17, 15) is 13.2 Å². The second-order valence-electron chi connectivity index (χ2n) is 4.13. The molecule has 0 aliphatic heterocycles. The third-order valence-electron chi connectivity index (χ3n) is 2.40. The Hall–Kier alpha value is -2.00. The first-order valence-corrected chi connectivity index (χ1v) is 7.56. The van der Waals surface area contributed by atoms with Crippen molar-refractivity contribution < 1.29 is 13.2 Å². The van der Waals surface area contributed by atoms with Crippen LogP contribution in [0.3, 0.4) is 0 Å². The lowest BCUT2D eigenvalue weighted by atomic mass is 10.2. The minimum Gasteiger partial charge on any atom is -0.399 e. The number of benzene rings is 1. The molecule has 0 saturated carbocycles. The van der Waals surface area contributed by atoms with Crippen molar-refractivity contribution >= 4 is 21.4 Å². The monoisotopic (exact) mass is 280 g/mol. The minimum absolute atomic E-state index is 0.0290. The molecular formula is C13H16N2O3S. The standard InChI is InChI=1S/C13H16N2O3S/c1-3-4-5-6-15-13(16)10-7-11(14)9-12(8-10)19(2,17)18/h1,7-9H,4-6,14H2,2H3,(H,15,16). The van der Waals surface area contributed by atoms with Crippen molar-refractivity contribution in [3.8, 4) is 12.3 Å². The van der Waals surface area contributed by atoms with Crippen LogP contribution in [0.4, 0.5) is 5.69 Å². The summed E-state index contributed by atoms with van der Waals surface area (Å²) in [5.74, 6) is 2.10. The third kappa shape index (κ3) is 4.64. The molecule has 0 aliphatic rings. The molecule has 0 aromatic heterocycles. The number of nitrogens with two attached hydrogens (primary N) is 1. The summed E-state index contributed by atoms with van der Waals surface area (Å²) in [6.07, 6.45) is 7.41. The highest BCUT2D eigenvalue weighted by Gasteiger charge is 2.13. The van der Waals surface area contributed by atoms with Crippen molar-refractivity contribution in [1.82, 2.24) is 5.32 Å². The predicted octanol–water partition coefficient (Wildman–Crippen LogP) is 0.815. The second-order valence-corrected chi connectivity index (χ2v) is 6.14. The van der Waals surface area contributed by atoms with E-state index >= 15 is 0 Å². The van der Waals surface area contributed by atoms with Gasteiger partial charge in [-0.05, 0) is 24.6 Å². The Labute approximate surface area is 113 Å². The smallest absolute Gasteiger partial charge is 0.251 e. The lowest BCUT2D eigenvalue weighted by Crippen LogP contribution is -2.24. The molecule has 5 nitrogen and oxygen atoms in total. The fourth-order valence-corrected chi connectivity index (χ4v) is 2.15. The van der Waals surface area contributed by atoms with E-state index < -0.39 is 9.84 Å². The van der Waals surface area contributed by atoms with E-state index in [1.54, 1.807) is 0 Å². The average molecular weight is 280 g/mol. The molecule has 0 bridgehead atoms. The van der Waals surface area contributed by atoms with Crippen LogP contribution in [0.25, 0.3) is 0 Å². The molecule has 1 rings (SSSR count). The zero-order valence-corrected chi connectivity index (χ0v) is 11.5. The zero-order valence-electron chi connectivity index (χ0n) is 10.6. The maximum absolute atomic E-state index is 11.8. The lowest BCUT2D eigenvalue weighted by Gasteiger charge is -2.07. The fourth-order valence-electron chi connectivity index (χ4n) is 1.46. The summed E-state index contributed by atoms with van der Waals surface area (Å²) in [7, 11) is -3.40. The Bertz CT molecular complexity index is 615. The molecule has 3 N–H and O–H groups in total. The number of unbranched alkanes of at least 4 members (excludes halogenated alkanes) is 1. The quantitative estimate of drug-likeness (QED) is 0.474. The highest BCUT2D eigenvalue weighted by molar-refractivity contribution is 7.90. The molecule has 6 heteroatoms. The van der Waals surface area contributed by atoms with E-state index in [2.05, 4.69) is 11.2 Å². The van der Waals surface area contributed by atoms with Crippen LogP contribution in [0.5, 0.6) is 0 Å². The molecule has 1 amide bonds.